The minimum Gasteiger partial charge on any atom is -0.481 e. The Morgan fingerprint density at radius 2 is 2.00 bits per heavy atom. The highest BCUT2D eigenvalue weighted by Gasteiger charge is 2.36. The fourth-order valence-electron chi connectivity index (χ4n) is 2.27. The van der Waals surface area contributed by atoms with E-state index >= 15 is 0 Å². The van der Waals surface area contributed by atoms with Gasteiger partial charge in [-0.2, -0.15) is 0 Å². The SMILES string of the molecule is CCN(Cc1ccccn1)CC(CC)(CC)C(=O)O. The van der Waals surface area contributed by atoms with E-state index < -0.39 is 11.4 Å². The van der Waals surface area contributed by atoms with Crippen LogP contribution in [0.25, 0.3) is 0 Å². The second-order valence-electron chi connectivity index (χ2n) is 4.92. The summed E-state index contributed by atoms with van der Waals surface area (Å²) in [5.41, 5.74) is 0.334. The van der Waals surface area contributed by atoms with E-state index in [-0.39, 0.29) is 0 Å². The van der Waals surface area contributed by atoms with Crippen molar-refractivity contribution in [3.05, 3.63) is 30.1 Å². The number of aromatic nitrogens is 1. The number of carboxylic acids is 1. The first kappa shape index (κ1) is 15.6. The lowest BCUT2D eigenvalue weighted by atomic mass is 9.82. The first-order valence-corrected chi connectivity index (χ1v) is 6.93. The van der Waals surface area contributed by atoms with Gasteiger partial charge in [0.05, 0.1) is 11.1 Å². The van der Waals surface area contributed by atoms with Crippen LogP contribution in [-0.4, -0.2) is 34.0 Å². The number of hydrogen-bond acceptors (Lipinski definition) is 3. The van der Waals surface area contributed by atoms with Gasteiger partial charge in [0, 0.05) is 19.3 Å². The molecule has 0 saturated heterocycles. The topological polar surface area (TPSA) is 53.4 Å². The Labute approximate surface area is 115 Å². The number of hydrogen-bond donors (Lipinski definition) is 1. The van der Waals surface area contributed by atoms with Gasteiger partial charge >= 0.3 is 5.97 Å². The molecule has 4 heteroatoms. The van der Waals surface area contributed by atoms with Crippen molar-refractivity contribution in [2.45, 2.75) is 40.2 Å². The molecule has 1 aromatic rings. The predicted octanol–water partition coefficient (Wildman–Crippen LogP) is 2.79. The Kier molecular flexibility index (Phi) is 5.96. The van der Waals surface area contributed by atoms with Crippen molar-refractivity contribution in [3.63, 3.8) is 0 Å². The molecular formula is C15H24N2O2. The Balaban J connectivity index is 2.78. The van der Waals surface area contributed by atoms with Crippen molar-refractivity contribution in [1.29, 1.82) is 0 Å². The van der Waals surface area contributed by atoms with Crippen molar-refractivity contribution in [2.75, 3.05) is 13.1 Å². The van der Waals surface area contributed by atoms with Crippen LogP contribution in [0.4, 0.5) is 0 Å². The average Bonchev–Trinajstić information content (AvgIpc) is 2.44. The van der Waals surface area contributed by atoms with Crippen LogP contribution >= 0.6 is 0 Å². The van der Waals surface area contributed by atoms with Gasteiger partial charge in [-0.15, -0.1) is 0 Å². The zero-order valence-corrected chi connectivity index (χ0v) is 12.1. The summed E-state index contributed by atoms with van der Waals surface area (Å²) in [6.45, 7) is 8.06. The van der Waals surface area contributed by atoms with E-state index in [0.29, 0.717) is 25.9 Å². The second-order valence-corrected chi connectivity index (χ2v) is 4.92. The lowest BCUT2D eigenvalue weighted by molar-refractivity contribution is -0.151. The van der Waals surface area contributed by atoms with Gasteiger partial charge in [0.2, 0.25) is 0 Å². The Hall–Kier alpha value is -1.42. The van der Waals surface area contributed by atoms with Crippen molar-refractivity contribution >= 4 is 5.97 Å². The van der Waals surface area contributed by atoms with Crippen molar-refractivity contribution in [1.82, 2.24) is 9.88 Å². The first-order chi connectivity index (χ1) is 9.07. The highest BCUT2D eigenvalue weighted by Crippen LogP contribution is 2.28. The Bertz CT molecular complexity index is 388. The third-order valence-corrected chi connectivity index (χ3v) is 3.89. The number of aliphatic carboxylic acids is 1. The molecule has 19 heavy (non-hydrogen) atoms. The summed E-state index contributed by atoms with van der Waals surface area (Å²) in [5.74, 6) is -0.697. The number of rotatable bonds is 8. The molecule has 0 aromatic carbocycles. The molecule has 0 bridgehead atoms. The Morgan fingerprint density at radius 1 is 1.32 bits per heavy atom. The second kappa shape index (κ2) is 7.24. The fraction of sp³-hybridized carbons (Fsp3) is 0.600. The van der Waals surface area contributed by atoms with Gasteiger partial charge < -0.3 is 5.11 Å². The molecule has 0 unspecified atom stereocenters. The molecule has 0 saturated carbocycles. The molecule has 1 heterocycles. The largest absolute Gasteiger partial charge is 0.481 e. The normalized spacial score (nSPS) is 11.8. The first-order valence-electron chi connectivity index (χ1n) is 6.93. The van der Waals surface area contributed by atoms with Crippen LogP contribution in [0.1, 0.15) is 39.3 Å². The molecule has 1 N–H and O–H groups in total. The molecular weight excluding hydrogens is 240 g/mol. The average molecular weight is 264 g/mol. The van der Waals surface area contributed by atoms with Crippen LogP contribution in [0.2, 0.25) is 0 Å². The standard InChI is InChI=1S/C15H24N2O2/c1-4-15(5-2,14(18)19)12-17(6-3)11-13-9-7-8-10-16-13/h7-10H,4-6,11-12H2,1-3H3,(H,18,19). The minimum absolute atomic E-state index is 0.572. The molecule has 0 spiro atoms. The third-order valence-electron chi connectivity index (χ3n) is 3.89. The van der Waals surface area contributed by atoms with Crippen LogP contribution in [-0.2, 0) is 11.3 Å². The van der Waals surface area contributed by atoms with E-state index in [1.807, 2.05) is 32.0 Å². The minimum atomic E-state index is -0.697. The molecule has 0 fully saturated rings. The lowest BCUT2D eigenvalue weighted by Gasteiger charge is -2.33. The monoisotopic (exact) mass is 264 g/mol. The molecule has 0 atom stereocenters. The van der Waals surface area contributed by atoms with E-state index in [9.17, 15) is 9.90 Å². The van der Waals surface area contributed by atoms with Gasteiger partial charge in [-0.3, -0.25) is 14.7 Å². The van der Waals surface area contributed by atoms with Crippen LogP contribution in [0.5, 0.6) is 0 Å². The zero-order chi connectivity index (χ0) is 14.3. The summed E-state index contributed by atoms with van der Waals surface area (Å²) in [7, 11) is 0. The number of carbonyl (C=O) groups is 1. The highest BCUT2D eigenvalue weighted by molar-refractivity contribution is 5.74. The van der Waals surface area contributed by atoms with Crippen LogP contribution in [0.3, 0.4) is 0 Å². The molecule has 4 nitrogen and oxygen atoms in total. The quantitative estimate of drug-likeness (QED) is 0.784. The number of pyridine rings is 1. The van der Waals surface area contributed by atoms with Gasteiger partial charge in [0.1, 0.15) is 0 Å². The Morgan fingerprint density at radius 3 is 2.42 bits per heavy atom. The predicted molar refractivity (Wildman–Crippen MR) is 75.8 cm³/mol. The van der Waals surface area contributed by atoms with Gasteiger partial charge in [0.15, 0.2) is 0 Å². The molecule has 0 aliphatic heterocycles. The van der Waals surface area contributed by atoms with Gasteiger partial charge in [-0.1, -0.05) is 26.8 Å². The van der Waals surface area contributed by atoms with Gasteiger partial charge in [-0.25, -0.2) is 0 Å². The van der Waals surface area contributed by atoms with Crippen molar-refractivity contribution < 1.29 is 9.90 Å². The highest BCUT2D eigenvalue weighted by atomic mass is 16.4. The summed E-state index contributed by atoms with van der Waals surface area (Å²) in [5, 5.41) is 9.49. The molecule has 0 aliphatic rings. The third kappa shape index (κ3) is 4.03. The summed E-state index contributed by atoms with van der Waals surface area (Å²) >= 11 is 0. The van der Waals surface area contributed by atoms with E-state index in [4.69, 9.17) is 0 Å². The lowest BCUT2D eigenvalue weighted by Crippen LogP contribution is -2.42. The fourth-order valence-corrected chi connectivity index (χ4v) is 2.27. The zero-order valence-electron chi connectivity index (χ0n) is 12.1. The smallest absolute Gasteiger partial charge is 0.310 e. The molecule has 0 amide bonds. The van der Waals surface area contributed by atoms with E-state index in [0.717, 1.165) is 12.2 Å². The molecule has 0 radical (unpaired) electrons. The van der Waals surface area contributed by atoms with Crippen LogP contribution < -0.4 is 0 Å². The van der Waals surface area contributed by atoms with Crippen LogP contribution in [0.15, 0.2) is 24.4 Å². The van der Waals surface area contributed by atoms with E-state index in [1.54, 1.807) is 6.20 Å². The molecule has 0 aliphatic carbocycles. The van der Waals surface area contributed by atoms with Gasteiger partial charge in [-0.05, 0) is 31.5 Å². The van der Waals surface area contributed by atoms with E-state index in [1.165, 1.54) is 0 Å². The maximum atomic E-state index is 11.5. The van der Waals surface area contributed by atoms with E-state index in [2.05, 4.69) is 16.8 Å². The van der Waals surface area contributed by atoms with Gasteiger partial charge in [0.25, 0.3) is 0 Å². The maximum Gasteiger partial charge on any atom is 0.310 e. The molecule has 106 valence electrons. The summed E-state index contributed by atoms with van der Waals surface area (Å²) in [6, 6.07) is 5.82. The van der Waals surface area contributed by atoms with Crippen molar-refractivity contribution in [2.24, 2.45) is 5.41 Å². The number of nitrogens with zero attached hydrogens (tertiary/aromatic N) is 2. The molecule has 1 aromatic heterocycles. The number of carboxylic acid groups (broad SMARTS) is 1. The summed E-state index contributed by atoms with van der Waals surface area (Å²) in [6.07, 6.45) is 3.07. The summed E-state index contributed by atoms with van der Waals surface area (Å²) in [4.78, 5) is 18.0. The maximum absolute atomic E-state index is 11.5. The van der Waals surface area contributed by atoms with Crippen LogP contribution in [0, 0.1) is 5.41 Å². The van der Waals surface area contributed by atoms with Crippen molar-refractivity contribution in [3.8, 4) is 0 Å². The molecule has 1 rings (SSSR count). The summed E-state index contributed by atoms with van der Waals surface area (Å²) < 4.78 is 0.